The van der Waals surface area contributed by atoms with Gasteiger partial charge in [0.1, 0.15) is 5.52 Å². The maximum atomic E-state index is 12.7. The average Bonchev–Trinajstić information content (AvgIpc) is 3.07. The summed E-state index contributed by atoms with van der Waals surface area (Å²) in [7, 11) is 3.71. The molecule has 0 radical (unpaired) electrons. The molecule has 6 heteroatoms. The zero-order chi connectivity index (χ0) is 15.3. The van der Waals surface area contributed by atoms with Crippen LogP contribution in [0.2, 0.25) is 0 Å². The minimum atomic E-state index is -0.314. The Morgan fingerprint density at radius 2 is 1.77 bits per heavy atom. The van der Waals surface area contributed by atoms with Gasteiger partial charge in [-0.25, -0.2) is 14.7 Å². The lowest BCUT2D eigenvalue weighted by atomic mass is 10.1. The molecule has 3 aromatic rings. The molecule has 6 nitrogen and oxygen atoms in total. The highest BCUT2D eigenvalue weighted by molar-refractivity contribution is 5.99. The summed E-state index contributed by atoms with van der Waals surface area (Å²) in [6, 6.07) is 15.4. The first kappa shape index (κ1) is 13.0. The van der Waals surface area contributed by atoms with Crippen LogP contribution in [0.1, 0.15) is 22.1 Å². The van der Waals surface area contributed by atoms with Crippen LogP contribution in [0.5, 0.6) is 0 Å². The number of amides is 1. The van der Waals surface area contributed by atoms with Crippen molar-refractivity contribution in [2.24, 2.45) is 0 Å². The smallest absolute Gasteiger partial charge is 0.268 e. The van der Waals surface area contributed by atoms with Crippen LogP contribution in [0.3, 0.4) is 0 Å². The Hall–Kier alpha value is -2.73. The monoisotopic (exact) mass is 293 g/mol. The number of hydrogen-bond acceptors (Lipinski definition) is 4. The summed E-state index contributed by atoms with van der Waals surface area (Å²) in [5.74, 6) is -0.0230. The first-order valence-corrected chi connectivity index (χ1v) is 7.08. The number of rotatable bonds is 2. The lowest BCUT2D eigenvalue weighted by molar-refractivity contribution is -0.00709. The van der Waals surface area contributed by atoms with Gasteiger partial charge in [0.25, 0.3) is 5.91 Å². The second-order valence-electron chi connectivity index (χ2n) is 5.48. The second kappa shape index (κ2) is 4.64. The molecule has 1 aliphatic rings. The Balaban J connectivity index is 1.97. The van der Waals surface area contributed by atoms with Crippen molar-refractivity contribution in [2.75, 3.05) is 14.1 Å². The summed E-state index contributed by atoms with van der Waals surface area (Å²) in [6.45, 7) is 0. The number of para-hydroxylation sites is 1. The molecule has 0 aliphatic carbocycles. The number of fused-ring (bicyclic) bond motifs is 2. The summed E-state index contributed by atoms with van der Waals surface area (Å²) < 4.78 is 1.80. The van der Waals surface area contributed by atoms with E-state index in [1.54, 1.807) is 14.7 Å². The third-order valence-corrected chi connectivity index (χ3v) is 3.95. The van der Waals surface area contributed by atoms with Crippen molar-refractivity contribution in [1.29, 1.82) is 0 Å². The number of carbonyl (C=O) groups excluding carboxylic acids is 1. The topological polar surface area (TPSA) is 54.3 Å². The summed E-state index contributed by atoms with van der Waals surface area (Å²) >= 11 is 0. The summed E-state index contributed by atoms with van der Waals surface area (Å²) in [5, 5.41) is 12.0. The molecule has 1 amide bonds. The Labute approximate surface area is 127 Å². The fourth-order valence-corrected chi connectivity index (χ4v) is 2.99. The minimum Gasteiger partial charge on any atom is -0.268 e. The number of carbonyl (C=O) groups is 1. The highest BCUT2D eigenvalue weighted by atomic mass is 16.2. The normalized spacial score (nSPS) is 17.5. The van der Waals surface area contributed by atoms with Gasteiger partial charge in [0.15, 0.2) is 6.17 Å². The predicted molar refractivity (Wildman–Crippen MR) is 82.0 cm³/mol. The maximum absolute atomic E-state index is 12.7. The van der Waals surface area contributed by atoms with Crippen LogP contribution in [-0.4, -0.2) is 45.0 Å². The molecule has 0 bridgehead atoms. The fourth-order valence-electron chi connectivity index (χ4n) is 2.99. The third kappa shape index (κ3) is 1.67. The van der Waals surface area contributed by atoms with E-state index in [9.17, 15) is 4.79 Å². The lowest BCUT2D eigenvalue weighted by Gasteiger charge is -2.30. The van der Waals surface area contributed by atoms with Crippen molar-refractivity contribution in [3.05, 3.63) is 59.7 Å². The Morgan fingerprint density at radius 1 is 1.05 bits per heavy atom. The minimum absolute atomic E-state index is 0.0230. The van der Waals surface area contributed by atoms with Crippen molar-refractivity contribution in [3.63, 3.8) is 0 Å². The fraction of sp³-hybridized carbons (Fsp3) is 0.188. The van der Waals surface area contributed by atoms with Crippen LogP contribution in [0, 0.1) is 0 Å². The lowest BCUT2D eigenvalue weighted by Crippen LogP contribution is -2.42. The van der Waals surface area contributed by atoms with E-state index in [1.165, 1.54) is 0 Å². The van der Waals surface area contributed by atoms with Crippen LogP contribution in [-0.2, 0) is 0 Å². The van der Waals surface area contributed by atoms with Crippen molar-refractivity contribution < 1.29 is 4.79 Å². The first-order valence-electron chi connectivity index (χ1n) is 7.08. The van der Waals surface area contributed by atoms with E-state index in [0.29, 0.717) is 5.56 Å². The molecule has 0 saturated heterocycles. The molecule has 0 fully saturated rings. The molecular formula is C16H15N5O. The highest BCUT2D eigenvalue weighted by Gasteiger charge is 2.40. The summed E-state index contributed by atoms with van der Waals surface area (Å²) in [5.41, 5.74) is 3.37. The van der Waals surface area contributed by atoms with Crippen molar-refractivity contribution in [1.82, 2.24) is 25.0 Å². The molecule has 4 rings (SSSR count). The summed E-state index contributed by atoms with van der Waals surface area (Å²) in [6.07, 6.45) is -0.314. The molecule has 0 spiro atoms. The molecule has 110 valence electrons. The molecule has 22 heavy (non-hydrogen) atoms. The van der Waals surface area contributed by atoms with Crippen LogP contribution < -0.4 is 0 Å². The third-order valence-electron chi connectivity index (χ3n) is 3.95. The van der Waals surface area contributed by atoms with E-state index in [1.807, 2.05) is 62.6 Å². The molecule has 2 heterocycles. The number of benzene rings is 2. The van der Waals surface area contributed by atoms with Crippen molar-refractivity contribution in [2.45, 2.75) is 6.17 Å². The predicted octanol–water partition coefficient (Wildman–Crippen LogP) is 1.91. The van der Waals surface area contributed by atoms with Gasteiger partial charge in [-0.05, 0) is 18.2 Å². The molecule has 1 aromatic heterocycles. The van der Waals surface area contributed by atoms with Gasteiger partial charge >= 0.3 is 0 Å². The van der Waals surface area contributed by atoms with E-state index in [0.717, 1.165) is 16.6 Å². The quantitative estimate of drug-likeness (QED) is 0.724. The van der Waals surface area contributed by atoms with Gasteiger partial charge in [-0.2, -0.15) is 0 Å². The SMILES string of the molecule is CN(C)N1C(=O)c2ccccc2C1n1nnc2ccccc21. The summed E-state index contributed by atoms with van der Waals surface area (Å²) in [4.78, 5) is 12.7. The van der Waals surface area contributed by atoms with Gasteiger partial charge in [-0.15, -0.1) is 5.10 Å². The largest absolute Gasteiger partial charge is 0.270 e. The Kier molecular flexibility index (Phi) is 2.74. The molecule has 2 aromatic carbocycles. The number of nitrogens with zero attached hydrogens (tertiary/aromatic N) is 5. The standard InChI is InChI=1S/C16H15N5O/c1-19(2)21-15(11-7-3-4-8-12(11)16(21)22)20-14-10-6-5-9-13(14)17-18-20/h3-10,15H,1-2H3. The van der Waals surface area contributed by atoms with Crippen LogP contribution in [0.25, 0.3) is 11.0 Å². The van der Waals surface area contributed by atoms with Gasteiger partial charge < -0.3 is 0 Å². The average molecular weight is 293 g/mol. The number of aromatic nitrogens is 3. The van der Waals surface area contributed by atoms with E-state index < -0.39 is 0 Å². The van der Waals surface area contributed by atoms with E-state index in [-0.39, 0.29) is 12.1 Å². The number of hydrogen-bond donors (Lipinski definition) is 0. The van der Waals surface area contributed by atoms with E-state index in [4.69, 9.17) is 0 Å². The molecule has 1 atom stereocenters. The highest BCUT2D eigenvalue weighted by Crippen LogP contribution is 2.36. The first-order chi connectivity index (χ1) is 10.7. The second-order valence-corrected chi connectivity index (χ2v) is 5.48. The van der Waals surface area contributed by atoms with Crippen molar-refractivity contribution >= 4 is 16.9 Å². The van der Waals surface area contributed by atoms with E-state index in [2.05, 4.69) is 10.3 Å². The Morgan fingerprint density at radius 3 is 2.59 bits per heavy atom. The molecule has 1 aliphatic heterocycles. The van der Waals surface area contributed by atoms with Crippen LogP contribution in [0.15, 0.2) is 48.5 Å². The number of hydrazine groups is 1. The maximum Gasteiger partial charge on any atom is 0.270 e. The van der Waals surface area contributed by atoms with Gasteiger partial charge in [0.2, 0.25) is 0 Å². The van der Waals surface area contributed by atoms with E-state index >= 15 is 0 Å². The van der Waals surface area contributed by atoms with Gasteiger partial charge in [0, 0.05) is 25.2 Å². The van der Waals surface area contributed by atoms with Crippen molar-refractivity contribution in [3.8, 4) is 0 Å². The van der Waals surface area contributed by atoms with Gasteiger partial charge in [-0.1, -0.05) is 35.5 Å². The van der Waals surface area contributed by atoms with Crippen LogP contribution in [0.4, 0.5) is 0 Å². The zero-order valence-electron chi connectivity index (χ0n) is 12.3. The Bertz CT molecular complexity index is 870. The zero-order valence-corrected chi connectivity index (χ0v) is 12.3. The molecule has 0 N–H and O–H groups in total. The van der Waals surface area contributed by atoms with Crippen LogP contribution >= 0.6 is 0 Å². The molecular weight excluding hydrogens is 278 g/mol. The molecule has 1 unspecified atom stereocenters. The van der Waals surface area contributed by atoms with Gasteiger partial charge in [-0.3, -0.25) is 4.79 Å². The van der Waals surface area contributed by atoms with Gasteiger partial charge in [0.05, 0.1) is 5.52 Å². The molecule has 0 saturated carbocycles.